The summed E-state index contributed by atoms with van der Waals surface area (Å²) in [6.45, 7) is 0.587. The molecular formula is C18H25ClN2O4S. The summed E-state index contributed by atoms with van der Waals surface area (Å²) in [5.41, 5.74) is 0. The van der Waals surface area contributed by atoms with Crippen LogP contribution in [0.4, 0.5) is 0 Å². The Balaban J connectivity index is 1.73. The highest BCUT2D eigenvalue weighted by Gasteiger charge is 2.27. The molecule has 6 nitrogen and oxygen atoms in total. The first-order valence-electron chi connectivity index (χ1n) is 8.65. The molecule has 1 heterocycles. The second-order valence-electron chi connectivity index (χ2n) is 6.27. The molecule has 0 unspecified atom stereocenters. The van der Waals surface area contributed by atoms with Crippen molar-refractivity contribution in [1.82, 2.24) is 10.0 Å². The van der Waals surface area contributed by atoms with E-state index in [1.165, 1.54) is 19.2 Å². The highest BCUT2D eigenvalue weighted by molar-refractivity contribution is 7.89. The number of methoxy groups -OCH3 is 1. The van der Waals surface area contributed by atoms with Crippen molar-refractivity contribution in [1.29, 1.82) is 0 Å². The predicted octanol–water partition coefficient (Wildman–Crippen LogP) is 2.64. The molecular weight excluding hydrogens is 376 g/mol. The molecule has 1 aliphatic rings. The summed E-state index contributed by atoms with van der Waals surface area (Å²) in [4.78, 5) is 11.2. The number of allylic oxidation sites excluding steroid dienone is 1. The number of esters is 1. The summed E-state index contributed by atoms with van der Waals surface area (Å²) < 4.78 is 32.1. The van der Waals surface area contributed by atoms with E-state index in [-0.39, 0.29) is 22.9 Å². The Bertz CT molecular complexity index is 719. The molecule has 2 rings (SSSR count). The van der Waals surface area contributed by atoms with Gasteiger partial charge in [0.2, 0.25) is 10.0 Å². The first kappa shape index (κ1) is 20.9. The number of nitrogens with one attached hydrogen (secondary N) is 2. The summed E-state index contributed by atoms with van der Waals surface area (Å²) in [5.74, 6) is -0.178. The van der Waals surface area contributed by atoms with Gasteiger partial charge >= 0.3 is 5.97 Å². The number of ether oxygens (including phenoxy) is 1. The van der Waals surface area contributed by atoms with Crippen molar-refractivity contribution < 1.29 is 17.9 Å². The average molecular weight is 401 g/mol. The molecule has 0 bridgehead atoms. The normalized spacial score (nSPS) is 20.5. The third-order valence-electron chi connectivity index (χ3n) is 4.21. The quantitative estimate of drug-likeness (QED) is 0.378. The molecule has 0 aliphatic carbocycles. The largest absolute Gasteiger partial charge is 0.469 e. The van der Waals surface area contributed by atoms with Crippen molar-refractivity contribution in [3.63, 3.8) is 0 Å². The Morgan fingerprint density at radius 2 is 2.08 bits per heavy atom. The van der Waals surface area contributed by atoms with Crippen LogP contribution in [0, 0.1) is 0 Å². The highest BCUT2D eigenvalue weighted by Crippen LogP contribution is 2.16. The molecule has 0 spiro atoms. The van der Waals surface area contributed by atoms with Crippen LogP contribution in [0.3, 0.4) is 0 Å². The number of unbranched alkanes of at least 4 members (excludes halogenated alkanes) is 2. The number of carbonyl (C=O) groups is 1. The molecule has 1 aliphatic heterocycles. The molecule has 8 heteroatoms. The van der Waals surface area contributed by atoms with E-state index in [4.69, 9.17) is 11.6 Å². The van der Waals surface area contributed by atoms with E-state index in [0.29, 0.717) is 24.4 Å². The fraction of sp³-hybridized carbons (Fsp3) is 0.500. The highest BCUT2D eigenvalue weighted by atomic mass is 35.5. The van der Waals surface area contributed by atoms with Crippen LogP contribution in [0.1, 0.15) is 32.1 Å². The zero-order valence-corrected chi connectivity index (χ0v) is 16.4. The number of carbonyl (C=O) groups excluding carboxylic acids is 1. The molecule has 0 radical (unpaired) electrons. The predicted molar refractivity (Wildman–Crippen MR) is 102 cm³/mol. The maximum absolute atomic E-state index is 12.4. The molecule has 2 atom stereocenters. The van der Waals surface area contributed by atoms with E-state index in [1.807, 2.05) is 0 Å². The fourth-order valence-electron chi connectivity index (χ4n) is 2.80. The third-order valence-corrected chi connectivity index (χ3v) is 6.00. The van der Waals surface area contributed by atoms with Crippen molar-refractivity contribution >= 4 is 27.6 Å². The van der Waals surface area contributed by atoms with Gasteiger partial charge in [0, 0.05) is 30.1 Å². The van der Waals surface area contributed by atoms with E-state index >= 15 is 0 Å². The Morgan fingerprint density at radius 3 is 2.77 bits per heavy atom. The number of sulfonamides is 1. The Labute approximate surface area is 160 Å². The van der Waals surface area contributed by atoms with Gasteiger partial charge in [-0.2, -0.15) is 0 Å². The monoisotopic (exact) mass is 400 g/mol. The summed E-state index contributed by atoms with van der Waals surface area (Å²) in [6.07, 6.45) is 7.89. The number of benzene rings is 1. The molecule has 1 saturated heterocycles. The van der Waals surface area contributed by atoms with Crippen LogP contribution < -0.4 is 10.0 Å². The molecule has 0 aromatic heterocycles. The van der Waals surface area contributed by atoms with Gasteiger partial charge in [0.05, 0.1) is 12.0 Å². The Hall–Kier alpha value is -1.41. The molecule has 144 valence electrons. The summed E-state index contributed by atoms with van der Waals surface area (Å²) >= 11 is 5.80. The zero-order chi connectivity index (χ0) is 19.0. The Kier molecular flexibility index (Phi) is 8.09. The lowest BCUT2D eigenvalue weighted by Crippen LogP contribution is -2.36. The van der Waals surface area contributed by atoms with Gasteiger partial charge < -0.3 is 10.1 Å². The number of hydrogen-bond acceptors (Lipinski definition) is 5. The first-order chi connectivity index (χ1) is 12.4. The zero-order valence-electron chi connectivity index (χ0n) is 14.8. The molecule has 0 amide bonds. The fourth-order valence-corrected chi connectivity index (χ4v) is 4.17. The lowest BCUT2D eigenvalue weighted by atomic mass is 10.1. The maximum Gasteiger partial charge on any atom is 0.305 e. The van der Waals surface area contributed by atoms with Gasteiger partial charge in [0.15, 0.2) is 0 Å². The van der Waals surface area contributed by atoms with Crippen molar-refractivity contribution in [3.05, 3.63) is 41.4 Å². The van der Waals surface area contributed by atoms with Crippen LogP contribution in [0.2, 0.25) is 5.02 Å². The SMILES string of the molecule is COC(=O)CCCC/C=C\[C@@H]1C[C@@H](NS(=O)(=O)c2ccc(Cl)cc2)CN1. The van der Waals surface area contributed by atoms with Crippen molar-refractivity contribution in [2.45, 2.75) is 49.1 Å². The van der Waals surface area contributed by atoms with E-state index in [0.717, 1.165) is 19.3 Å². The number of rotatable bonds is 9. The third kappa shape index (κ3) is 6.72. The standard InChI is InChI=1S/C18H25ClN2O4S/c1-25-18(22)7-5-3-2-4-6-15-12-16(13-20-15)21-26(23,24)17-10-8-14(19)9-11-17/h4,6,8-11,15-16,20-21H,2-3,5,7,12-13H2,1H3/b6-4-/t15-,16-/m1/s1. The van der Waals surface area contributed by atoms with Gasteiger partial charge in [-0.3, -0.25) is 4.79 Å². The van der Waals surface area contributed by atoms with E-state index in [2.05, 4.69) is 26.9 Å². The van der Waals surface area contributed by atoms with Crippen LogP contribution in [-0.2, 0) is 19.6 Å². The van der Waals surface area contributed by atoms with Crippen molar-refractivity contribution in [2.24, 2.45) is 0 Å². The molecule has 1 aromatic rings. The van der Waals surface area contributed by atoms with Gasteiger partial charge in [0.1, 0.15) is 0 Å². The molecule has 1 fully saturated rings. The minimum Gasteiger partial charge on any atom is -0.469 e. The van der Waals surface area contributed by atoms with Gasteiger partial charge in [-0.05, 0) is 49.9 Å². The maximum atomic E-state index is 12.4. The molecule has 2 N–H and O–H groups in total. The van der Waals surface area contributed by atoms with Crippen LogP contribution in [0.5, 0.6) is 0 Å². The Morgan fingerprint density at radius 1 is 1.35 bits per heavy atom. The lowest BCUT2D eigenvalue weighted by Gasteiger charge is -2.12. The second kappa shape index (κ2) is 10.1. The van der Waals surface area contributed by atoms with Gasteiger partial charge in [0.25, 0.3) is 0 Å². The van der Waals surface area contributed by atoms with Gasteiger partial charge in [-0.25, -0.2) is 13.1 Å². The van der Waals surface area contributed by atoms with E-state index < -0.39 is 10.0 Å². The number of halogens is 1. The smallest absolute Gasteiger partial charge is 0.305 e. The van der Waals surface area contributed by atoms with Crippen LogP contribution >= 0.6 is 11.6 Å². The second-order valence-corrected chi connectivity index (χ2v) is 8.42. The van der Waals surface area contributed by atoms with Crippen molar-refractivity contribution in [3.8, 4) is 0 Å². The van der Waals surface area contributed by atoms with Gasteiger partial charge in [-0.1, -0.05) is 23.8 Å². The molecule has 1 aromatic carbocycles. The summed E-state index contributed by atoms with van der Waals surface area (Å²) in [6, 6.07) is 6.12. The van der Waals surface area contributed by atoms with Crippen LogP contribution in [0.25, 0.3) is 0 Å². The topological polar surface area (TPSA) is 84.5 Å². The minimum absolute atomic E-state index is 0.147. The minimum atomic E-state index is -3.54. The molecule has 0 saturated carbocycles. The van der Waals surface area contributed by atoms with E-state index in [1.54, 1.807) is 12.1 Å². The van der Waals surface area contributed by atoms with Gasteiger partial charge in [-0.15, -0.1) is 0 Å². The van der Waals surface area contributed by atoms with Crippen molar-refractivity contribution in [2.75, 3.05) is 13.7 Å². The summed E-state index contributed by atoms with van der Waals surface area (Å²) in [7, 11) is -2.15. The summed E-state index contributed by atoms with van der Waals surface area (Å²) in [5, 5.41) is 3.80. The van der Waals surface area contributed by atoms with Crippen LogP contribution in [-0.4, -0.2) is 40.1 Å². The van der Waals surface area contributed by atoms with Crippen LogP contribution in [0.15, 0.2) is 41.3 Å². The first-order valence-corrected chi connectivity index (χ1v) is 10.5. The molecule has 26 heavy (non-hydrogen) atoms. The average Bonchev–Trinajstić information content (AvgIpc) is 3.04. The van der Waals surface area contributed by atoms with E-state index in [9.17, 15) is 13.2 Å². The lowest BCUT2D eigenvalue weighted by molar-refractivity contribution is -0.140. The number of hydrogen-bond donors (Lipinski definition) is 2.